The SMILES string of the molecule is CC(Oc1ccc(F)cc1)c1nnc(SCC(=O)N2CCC(Cc3ccccc3)CC2)o1. The van der Waals surface area contributed by atoms with Crippen molar-refractivity contribution in [3.63, 3.8) is 0 Å². The molecule has 0 radical (unpaired) electrons. The number of halogens is 1. The molecule has 2 heterocycles. The molecule has 1 amide bonds. The molecule has 0 N–H and O–H groups in total. The molecule has 0 bridgehead atoms. The van der Waals surface area contributed by atoms with E-state index in [-0.39, 0.29) is 17.5 Å². The van der Waals surface area contributed by atoms with Gasteiger partial charge >= 0.3 is 0 Å². The average molecular weight is 456 g/mol. The summed E-state index contributed by atoms with van der Waals surface area (Å²) in [5.74, 6) is 1.46. The Bertz CT molecular complexity index is 1000. The highest BCUT2D eigenvalue weighted by atomic mass is 32.2. The molecular weight excluding hydrogens is 429 g/mol. The van der Waals surface area contributed by atoms with Crippen LogP contribution in [0.15, 0.2) is 64.2 Å². The summed E-state index contributed by atoms with van der Waals surface area (Å²) in [6, 6.07) is 16.2. The maximum atomic E-state index is 13.0. The van der Waals surface area contributed by atoms with Gasteiger partial charge in [-0.1, -0.05) is 42.1 Å². The van der Waals surface area contributed by atoms with Gasteiger partial charge in [-0.3, -0.25) is 4.79 Å². The Hall–Kier alpha value is -2.87. The third-order valence-corrected chi connectivity index (χ3v) is 6.35. The number of nitrogens with zero attached hydrogens (tertiary/aromatic N) is 3. The molecule has 1 aliphatic rings. The van der Waals surface area contributed by atoms with Gasteiger partial charge in [0, 0.05) is 13.1 Å². The maximum Gasteiger partial charge on any atom is 0.277 e. The summed E-state index contributed by atoms with van der Waals surface area (Å²) >= 11 is 1.24. The first-order valence-corrected chi connectivity index (χ1v) is 11.8. The highest BCUT2D eigenvalue weighted by molar-refractivity contribution is 7.99. The number of carbonyl (C=O) groups excluding carboxylic acids is 1. The number of hydrogen-bond acceptors (Lipinski definition) is 6. The first-order valence-electron chi connectivity index (χ1n) is 10.8. The third-order valence-electron chi connectivity index (χ3n) is 5.55. The van der Waals surface area contributed by atoms with Gasteiger partial charge in [0.25, 0.3) is 11.1 Å². The topological polar surface area (TPSA) is 68.5 Å². The number of ether oxygens (including phenoxy) is 1. The van der Waals surface area contributed by atoms with Crippen molar-refractivity contribution in [2.75, 3.05) is 18.8 Å². The fourth-order valence-electron chi connectivity index (χ4n) is 3.76. The van der Waals surface area contributed by atoms with E-state index in [4.69, 9.17) is 9.15 Å². The number of carbonyl (C=O) groups is 1. The van der Waals surface area contributed by atoms with Crippen molar-refractivity contribution in [2.24, 2.45) is 5.92 Å². The van der Waals surface area contributed by atoms with Gasteiger partial charge in [0.05, 0.1) is 5.75 Å². The largest absolute Gasteiger partial charge is 0.481 e. The van der Waals surface area contributed by atoms with Crippen LogP contribution in [-0.4, -0.2) is 39.8 Å². The second-order valence-corrected chi connectivity index (χ2v) is 8.85. The van der Waals surface area contributed by atoms with E-state index in [2.05, 4.69) is 34.5 Å². The molecule has 168 valence electrons. The van der Waals surface area contributed by atoms with E-state index in [1.54, 1.807) is 19.1 Å². The molecular formula is C24H26FN3O3S. The zero-order chi connectivity index (χ0) is 22.3. The average Bonchev–Trinajstić information content (AvgIpc) is 3.29. The second kappa shape index (κ2) is 10.6. The van der Waals surface area contributed by atoms with Crippen LogP contribution in [0.25, 0.3) is 0 Å². The van der Waals surface area contributed by atoms with Gasteiger partial charge < -0.3 is 14.1 Å². The van der Waals surface area contributed by atoms with Crippen molar-refractivity contribution in [3.05, 3.63) is 71.9 Å². The molecule has 0 spiro atoms. The van der Waals surface area contributed by atoms with Gasteiger partial charge in [-0.05, 0) is 61.9 Å². The molecule has 1 unspecified atom stereocenters. The van der Waals surface area contributed by atoms with Crippen LogP contribution >= 0.6 is 11.8 Å². The Morgan fingerprint density at radius 2 is 1.88 bits per heavy atom. The summed E-state index contributed by atoms with van der Waals surface area (Å²) in [5.41, 5.74) is 1.36. The molecule has 1 saturated heterocycles. The molecule has 0 saturated carbocycles. The molecule has 32 heavy (non-hydrogen) atoms. The molecule has 4 rings (SSSR count). The van der Waals surface area contributed by atoms with Crippen LogP contribution in [0, 0.1) is 11.7 Å². The number of rotatable bonds is 8. The number of benzene rings is 2. The minimum Gasteiger partial charge on any atom is -0.481 e. The minimum absolute atomic E-state index is 0.0866. The summed E-state index contributed by atoms with van der Waals surface area (Å²) in [5, 5.41) is 8.35. The molecule has 1 atom stereocenters. The number of aromatic nitrogens is 2. The number of thioether (sulfide) groups is 1. The zero-order valence-corrected chi connectivity index (χ0v) is 18.8. The number of likely N-dealkylation sites (tertiary alicyclic amines) is 1. The van der Waals surface area contributed by atoms with E-state index in [1.165, 1.54) is 29.5 Å². The molecule has 2 aromatic carbocycles. The van der Waals surface area contributed by atoms with Crippen molar-refractivity contribution in [1.29, 1.82) is 0 Å². The van der Waals surface area contributed by atoms with E-state index in [0.29, 0.717) is 22.8 Å². The van der Waals surface area contributed by atoms with Crippen LogP contribution in [0.2, 0.25) is 0 Å². The van der Waals surface area contributed by atoms with E-state index in [1.807, 2.05) is 11.0 Å². The Balaban J connectivity index is 1.21. The second-order valence-electron chi connectivity index (χ2n) is 7.92. The van der Waals surface area contributed by atoms with Crippen LogP contribution in [0.1, 0.15) is 37.3 Å². The standard InChI is InChI=1S/C24H26FN3O3S/c1-17(30-21-9-7-20(25)8-10-21)23-26-27-24(31-23)32-16-22(29)28-13-11-19(12-14-28)15-18-5-3-2-4-6-18/h2-10,17,19H,11-16H2,1H3. The fraction of sp³-hybridized carbons (Fsp3) is 0.375. The van der Waals surface area contributed by atoms with Gasteiger partial charge in [-0.15, -0.1) is 10.2 Å². The van der Waals surface area contributed by atoms with Gasteiger partial charge in [-0.25, -0.2) is 4.39 Å². The highest BCUT2D eigenvalue weighted by Crippen LogP contribution is 2.26. The lowest BCUT2D eigenvalue weighted by Crippen LogP contribution is -2.39. The van der Waals surface area contributed by atoms with Crippen LogP contribution in [-0.2, 0) is 11.2 Å². The quantitative estimate of drug-likeness (QED) is 0.449. The predicted molar refractivity (Wildman–Crippen MR) is 120 cm³/mol. The fourth-order valence-corrected chi connectivity index (χ4v) is 4.43. The molecule has 8 heteroatoms. The lowest BCUT2D eigenvalue weighted by molar-refractivity contribution is -0.129. The Kier molecular flexibility index (Phi) is 7.42. The highest BCUT2D eigenvalue weighted by Gasteiger charge is 2.24. The molecule has 0 aliphatic carbocycles. The van der Waals surface area contributed by atoms with Crippen LogP contribution in [0.3, 0.4) is 0 Å². The van der Waals surface area contributed by atoms with Crippen molar-refractivity contribution >= 4 is 17.7 Å². The molecule has 6 nitrogen and oxygen atoms in total. The van der Waals surface area contributed by atoms with Crippen molar-refractivity contribution in [1.82, 2.24) is 15.1 Å². The Morgan fingerprint density at radius 1 is 1.16 bits per heavy atom. The monoisotopic (exact) mass is 455 g/mol. The van der Waals surface area contributed by atoms with Crippen LogP contribution in [0.5, 0.6) is 5.75 Å². The third kappa shape index (κ3) is 6.09. The molecule has 1 aromatic heterocycles. The lowest BCUT2D eigenvalue weighted by atomic mass is 9.90. The first kappa shape index (κ1) is 22.3. The summed E-state index contributed by atoms with van der Waals surface area (Å²) in [6.45, 7) is 3.35. The van der Waals surface area contributed by atoms with E-state index in [9.17, 15) is 9.18 Å². The Morgan fingerprint density at radius 3 is 2.59 bits per heavy atom. The number of piperidine rings is 1. The molecule has 1 aliphatic heterocycles. The van der Waals surface area contributed by atoms with Crippen LogP contribution < -0.4 is 4.74 Å². The summed E-state index contributed by atoms with van der Waals surface area (Å²) in [7, 11) is 0. The molecule has 1 fully saturated rings. The normalized spacial score (nSPS) is 15.5. The first-order chi connectivity index (χ1) is 15.6. The van der Waals surface area contributed by atoms with Gasteiger partial charge in [0.15, 0.2) is 6.10 Å². The maximum absolute atomic E-state index is 13.0. The predicted octanol–water partition coefficient (Wildman–Crippen LogP) is 4.92. The smallest absolute Gasteiger partial charge is 0.277 e. The van der Waals surface area contributed by atoms with E-state index in [0.717, 1.165) is 32.4 Å². The van der Waals surface area contributed by atoms with Gasteiger partial charge in [0.2, 0.25) is 5.91 Å². The number of amides is 1. The minimum atomic E-state index is -0.485. The Labute approximate surface area is 191 Å². The lowest BCUT2D eigenvalue weighted by Gasteiger charge is -2.32. The number of hydrogen-bond donors (Lipinski definition) is 0. The van der Waals surface area contributed by atoms with Crippen LogP contribution in [0.4, 0.5) is 4.39 Å². The van der Waals surface area contributed by atoms with Crippen molar-refractivity contribution < 1.29 is 18.3 Å². The zero-order valence-electron chi connectivity index (χ0n) is 17.9. The van der Waals surface area contributed by atoms with Gasteiger partial charge in [0.1, 0.15) is 11.6 Å². The van der Waals surface area contributed by atoms with Crippen molar-refractivity contribution in [3.8, 4) is 5.75 Å². The summed E-state index contributed by atoms with van der Waals surface area (Å²) in [6.07, 6.45) is 2.63. The van der Waals surface area contributed by atoms with E-state index >= 15 is 0 Å². The van der Waals surface area contributed by atoms with E-state index < -0.39 is 6.10 Å². The van der Waals surface area contributed by atoms with Gasteiger partial charge in [-0.2, -0.15) is 0 Å². The molecule has 3 aromatic rings. The summed E-state index contributed by atoms with van der Waals surface area (Å²) in [4.78, 5) is 14.5. The van der Waals surface area contributed by atoms with Crippen molar-refractivity contribution in [2.45, 2.75) is 37.5 Å². The summed E-state index contributed by atoms with van der Waals surface area (Å²) < 4.78 is 24.3.